The molecule has 0 saturated carbocycles. The van der Waals surface area contributed by atoms with Gasteiger partial charge in [0.05, 0.1) is 0 Å². The van der Waals surface area contributed by atoms with E-state index in [1.165, 1.54) is 0 Å². The fourth-order valence-electron chi connectivity index (χ4n) is 3.39. The number of nitrogens with one attached hydrogen (secondary N) is 2. The number of piperidine rings is 1. The molecule has 0 aromatic rings. The predicted octanol–water partition coefficient (Wildman–Crippen LogP) is -0.370. The molecule has 13 heteroatoms. The molecule has 2 aliphatic heterocycles. The standard InChI is InChI=1S/C16H29F3N6O3S/c1-13(26)24-11-9-23(10-12-24)8-5-21-15(20-2)22-14-3-6-25(7-4-14)29(27,28)16(17,18)19/h14H,3-12H2,1-2H3,(H2,20,21,22). The molecule has 168 valence electrons. The van der Waals surface area contributed by atoms with Gasteiger partial charge in [-0.1, -0.05) is 0 Å². The van der Waals surface area contributed by atoms with Gasteiger partial charge in [0.15, 0.2) is 5.96 Å². The van der Waals surface area contributed by atoms with E-state index < -0.39 is 15.5 Å². The van der Waals surface area contributed by atoms with E-state index in [1.54, 1.807) is 14.0 Å². The second-order valence-electron chi connectivity index (χ2n) is 7.12. The first-order valence-corrected chi connectivity index (χ1v) is 11.0. The van der Waals surface area contributed by atoms with Gasteiger partial charge in [0.25, 0.3) is 0 Å². The van der Waals surface area contributed by atoms with Crippen molar-refractivity contribution in [3.05, 3.63) is 0 Å². The first-order valence-electron chi connectivity index (χ1n) is 9.56. The van der Waals surface area contributed by atoms with E-state index in [1.807, 2.05) is 4.90 Å². The smallest absolute Gasteiger partial charge is 0.355 e. The van der Waals surface area contributed by atoms with Gasteiger partial charge in [0.2, 0.25) is 5.91 Å². The maximum atomic E-state index is 12.6. The van der Waals surface area contributed by atoms with Crippen LogP contribution in [0.15, 0.2) is 4.99 Å². The predicted molar refractivity (Wildman–Crippen MR) is 103 cm³/mol. The fourth-order valence-corrected chi connectivity index (χ4v) is 4.38. The topological polar surface area (TPSA) is 97.3 Å². The monoisotopic (exact) mass is 442 g/mol. The summed E-state index contributed by atoms with van der Waals surface area (Å²) in [5, 5.41) is 6.31. The number of carbonyl (C=O) groups is 1. The van der Waals surface area contributed by atoms with E-state index in [9.17, 15) is 26.4 Å². The molecule has 0 aromatic heterocycles. The zero-order valence-corrected chi connectivity index (χ0v) is 17.5. The van der Waals surface area contributed by atoms with Crippen molar-refractivity contribution in [2.75, 3.05) is 59.4 Å². The summed E-state index contributed by atoms with van der Waals surface area (Å²) in [7, 11) is -3.66. The molecule has 0 spiro atoms. The lowest BCUT2D eigenvalue weighted by atomic mass is 10.1. The normalized spacial score (nSPS) is 21.3. The van der Waals surface area contributed by atoms with Gasteiger partial charge in [0.1, 0.15) is 0 Å². The highest BCUT2D eigenvalue weighted by molar-refractivity contribution is 7.90. The molecule has 0 aromatic carbocycles. The molecule has 0 unspecified atom stereocenters. The highest BCUT2D eigenvalue weighted by Gasteiger charge is 2.50. The van der Waals surface area contributed by atoms with Crippen molar-refractivity contribution in [3.8, 4) is 0 Å². The van der Waals surface area contributed by atoms with E-state index >= 15 is 0 Å². The van der Waals surface area contributed by atoms with Crippen molar-refractivity contribution in [1.82, 2.24) is 24.7 Å². The number of nitrogens with zero attached hydrogens (tertiary/aromatic N) is 4. The maximum absolute atomic E-state index is 12.6. The first kappa shape index (κ1) is 23.7. The highest BCUT2D eigenvalue weighted by Crippen LogP contribution is 2.28. The second kappa shape index (κ2) is 9.94. The Hall–Kier alpha value is -1.60. The molecule has 0 atom stereocenters. The molecule has 9 nitrogen and oxygen atoms in total. The minimum Gasteiger partial charge on any atom is -0.355 e. The summed E-state index contributed by atoms with van der Waals surface area (Å²) in [6, 6.07) is -0.153. The molecule has 0 radical (unpaired) electrons. The number of amides is 1. The van der Waals surface area contributed by atoms with Crippen LogP contribution in [-0.2, 0) is 14.8 Å². The number of carbonyl (C=O) groups excluding carboxylic acids is 1. The summed E-state index contributed by atoms with van der Waals surface area (Å²) in [4.78, 5) is 19.5. The summed E-state index contributed by atoms with van der Waals surface area (Å²) in [5.74, 6) is 0.617. The van der Waals surface area contributed by atoms with Gasteiger partial charge in [-0.05, 0) is 12.8 Å². The van der Waals surface area contributed by atoms with Crippen LogP contribution in [0.5, 0.6) is 0 Å². The Bertz CT molecular complexity index is 685. The Morgan fingerprint density at radius 2 is 1.69 bits per heavy atom. The molecule has 2 heterocycles. The van der Waals surface area contributed by atoms with Gasteiger partial charge in [-0.2, -0.15) is 17.5 Å². The van der Waals surface area contributed by atoms with Gasteiger partial charge >= 0.3 is 15.5 Å². The van der Waals surface area contributed by atoms with Gasteiger partial charge in [-0.3, -0.25) is 14.7 Å². The largest absolute Gasteiger partial charge is 0.511 e. The fraction of sp³-hybridized carbons (Fsp3) is 0.875. The van der Waals surface area contributed by atoms with E-state index in [0.717, 1.165) is 19.6 Å². The number of aliphatic imine (C=N–C) groups is 1. The minimum atomic E-state index is -5.26. The van der Waals surface area contributed by atoms with E-state index in [4.69, 9.17) is 0 Å². The Balaban J connectivity index is 1.70. The van der Waals surface area contributed by atoms with Crippen LogP contribution in [0.2, 0.25) is 0 Å². The van der Waals surface area contributed by atoms with Crippen LogP contribution >= 0.6 is 0 Å². The van der Waals surface area contributed by atoms with Crippen molar-refractivity contribution in [2.45, 2.75) is 31.3 Å². The first-order chi connectivity index (χ1) is 13.5. The van der Waals surface area contributed by atoms with Crippen molar-refractivity contribution >= 4 is 21.9 Å². The van der Waals surface area contributed by atoms with Crippen LogP contribution in [0.4, 0.5) is 13.2 Å². The summed E-state index contributed by atoms with van der Waals surface area (Å²) in [5.41, 5.74) is -5.26. The molecule has 0 aliphatic carbocycles. The lowest BCUT2D eigenvalue weighted by Gasteiger charge is -2.34. The molecular weight excluding hydrogens is 413 g/mol. The number of hydrogen-bond donors (Lipinski definition) is 2. The van der Waals surface area contributed by atoms with Gasteiger partial charge in [-0.15, -0.1) is 0 Å². The van der Waals surface area contributed by atoms with Crippen molar-refractivity contribution < 1.29 is 26.4 Å². The van der Waals surface area contributed by atoms with Crippen molar-refractivity contribution in [1.29, 1.82) is 0 Å². The maximum Gasteiger partial charge on any atom is 0.511 e. The zero-order valence-electron chi connectivity index (χ0n) is 16.7. The molecule has 0 bridgehead atoms. The van der Waals surface area contributed by atoms with Crippen LogP contribution in [0.25, 0.3) is 0 Å². The third-order valence-electron chi connectivity index (χ3n) is 5.19. The van der Waals surface area contributed by atoms with Crippen molar-refractivity contribution in [3.63, 3.8) is 0 Å². The Morgan fingerprint density at radius 1 is 1.10 bits per heavy atom. The SMILES string of the molecule is CN=C(NCCN1CCN(C(C)=O)CC1)NC1CCN(S(=O)(=O)C(F)(F)F)CC1. The van der Waals surface area contributed by atoms with Crippen LogP contribution in [-0.4, -0.2) is 105 Å². The van der Waals surface area contributed by atoms with Gasteiger partial charge in [0, 0.05) is 72.4 Å². The lowest BCUT2D eigenvalue weighted by Crippen LogP contribution is -2.53. The number of halogens is 3. The lowest BCUT2D eigenvalue weighted by molar-refractivity contribution is -0.130. The molecule has 2 N–H and O–H groups in total. The number of sulfonamides is 1. The van der Waals surface area contributed by atoms with E-state index in [-0.39, 0.29) is 37.9 Å². The van der Waals surface area contributed by atoms with Crippen LogP contribution in [0, 0.1) is 0 Å². The Morgan fingerprint density at radius 3 is 2.17 bits per heavy atom. The number of alkyl halides is 3. The molecule has 29 heavy (non-hydrogen) atoms. The van der Waals surface area contributed by atoms with Crippen LogP contribution < -0.4 is 10.6 Å². The van der Waals surface area contributed by atoms with Gasteiger partial charge in [-0.25, -0.2) is 8.42 Å². The second-order valence-corrected chi connectivity index (χ2v) is 9.04. The molecule has 2 aliphatic rings. The number of hydrogen-bond acceptors (Lipinski definition) is 5. The highest BCUT2D eigenvalue weighted by atomic mass is 32.2. The summed E-state index contributed by atoms with van der Waals surface area (Å²) in [6.07, 6.45) is 0.534. The van der Waals surface area contributed by atoms with Crippen LogP contribution in [0.3, 0.4) is 0 Å². The summed E-state index contributed by atoms with van der Waals surface area (Å²) < 4.78 is 61.3. The number of guanidine groups is 1. The summed E-state index contributed by atoms with van der Waals surface area (Å²) >= 11 is 0. The van der Waals surface area contributed by atoms with Crippen LogP contribution in [0.1, 0.15) is 19.8 Å². The third-order valence-corrected chi connectivity index (χ3v) is 6.82. The van der Waals surface area contributed by atoms with E-state index in [2.05, 4.69) is 20.5 Å². The average molecular weight is 443 g/mol. The third kappa shape index (κ3) is 6.44. The number of piperazine rings is 1. The quantitative estimate of drug-likeness (QED) is 0.446. The van der Waals surface area contributed by atoms with Gasteiger partial charge < -0.3 is 15.5 Å². The average Bonchev–Trinajstić information content (AvgIpc) is 2.67. The summed E-state index contributed by atoms with van der Waals surface area (Å²) in [6.45, 7) is 5.63. The molecular formula is C16H29F3N6O3S. The molecule has 2 rings (SSSR count). The Labute approximate surface area is 169 Å². The molecule has 2 fully saturated rings. The Kier molecular flexibility index (Phi) is 8.11. The van der Waals surface area contributed by atoms with Crippen molar-refractivity contribution in [2.24, 2.45) is 4.99 Å². The molecule has 2 saturated heterocycles. The van der Waals surface area contributed by atoms with E-state index in [0.29, 0.717) is 29.9 Å². The zero-order chi connectivity index (χ0) is 21.7. The number of rotatable bonds is 5. The minimum absolute atomic E-state index is 0.0847. The molecule has 1 amide bonds.